The zero-order chi connectivity index (χ0) is 10.7. The number of hydrogen-bond donors (Lipinski definition) is 3. The highest BCUT2D eigenvalue weighted by atomic mass is 79.9. The van der Waals surface area contributed by atoms with E-state index in [2.05, 4.69) is 26.2 Å². The second kappa shape index (κ2) is 6.37. The zero-order valence-corrected chi connectivity index (χ0v) is 11.2. The quantitative estimate of drug-likeness (QED) is 0.797. The smallest absolute Gasteiger partial charge is 0.267 e. The zero-order valence-electron chi connectivity index (χ0n) is 8.01. The Kier molecular flexibility index (Phi) is 6.28. The Labute approximate surface area is 107 Å². The Balaban J connectivity index is 0.00000196. The van der Waals surface area contributed by atoms with Gasteiger partial charge in [-0.15, -0.1) is 12.4 Å². The Morgan fingerprint density at radius 2 is 2.40 bits per heavy atom. The van der Waals surface area contributed by atoms with Crippen LogP contribution in [-0.4, -0.2) is 23.5 Å². The van der Waals surface area contributed by atoms with Crippen molar-refractivity contribution in [3.8, 4) is 0 Å². The maximum atomic E-state index is 11.4. The summed E-state index contributed by atoms with van der Waals surface area (Å²) in [5.41, 5.74) is 5.91. The van der Waals surface area contributed by atoms with Crippen molar-refractivity contribution in [2.75, 3.05) is 6.54 Å². The van der Waals surface area contributed by atoms with Crippen LogP contribution in [0.15, 0.2) is 10.5 Å². The Hall–Kier alpha value is -0.230. The van der Waals surface area contributed by atoms with E-state index in [9.17, 15) is 4.79 Å². The Morgan fingerprint density at radius 1 is 1.80 bits per heavy atom. The number of carbonyl (C=O) groups excluding carboxylic acids is 1. The number of hydrogen-bond acceptors (Lipinski definition) is 2. The molecule has 0 radical (unpaired) electrons. The summed E-state index contributed by atoms with van der Waals surface area (Å²) >= 11 is 8.93. The molecule has 0 saturated heterocycles. The van der Waals surface area contributed by atoms with Crippen LogP contribution in [0.2, 0.25) is 5.15 Å². The maximum Gasteiger partial charge on any atom is 0.267 e. The maximum absolute atomic E-state index is 11.4. The topological polar surface area (TPSA) is 70.9 Å². The van der Waals surface area contributed by atoms with Gasteiger partial charge in [-0.1, -0.05) is 11.6 Å². The van der Waals surface area contributed by atoms with Crippen molar-refractivity contribution in [2.24, 2.45) is 5.73 Å². The first-order valence-corrected chi connectivity index (χ1v) is 5.25. The van der Waals surface area contributed by atoms with E-state index in [-0.39, 0.29) is 24.4 Å². The molecule has 0 aliphatic carbocycles. The van der Waals surface area contributed by atoms with Gasteiger partial charge in [0.2, 0.25) is 0 Å². The summed E-state index contributed by atoms with van der Waals surface area (Å²) in [5, 5.41) is 3.08. The summed E-state index contributed by atoms with van der Waals surface area (Å²) in [6, 6.07) is 1.56. The molecule has 1 rings (SSSR count). The molecule has 1 unspecified atom stereocenters. The van der Waals surface area contributed by atoms with E-state index < -0.39 is 0 Å². The van der Waals surface area contributed by atoms with Crippen molar-refractivity contribution in [2.45, 2.75) is 13.0 Å². The van der Waals surface area contributed by atoms with Gasteiger partial charge in [0, 0.05) is 12.6 Å². The molecule has 1 heterocycles. The lowest BCUT2D eigenvalue weighted by Gasteiger charge is -2.05. The fraction of sp³-hybridized carbons (Fsp3) is 0.375. The lowest BCUT2D eigenvalue weighted by Crippen LogP contribution is -2.35. The fourth-order valence-corrected chi connectivity index (χ4v) is 1.36. The highest BCUT2D eigenvalue weighted by Gasteiger charge is 2.10. The van der Waals surface area contributed by atoms with Crippen LogP contribution in [-0.2, 0) is 0 Å². The first-order valence-electron chi connectivity index (χ1n) is 4.08. The lowest BCUT2D eigenvalue weighted by atomic mass is 10.3. The van der Waals surface area contributed by atoms with Gasteiger partial charge in [0.1, 0.15) is 10.8 Å². The van der Waals surface area contributed by atoms with E-state index in [1.165, 1.54) is 0 Å². The third-order valence-corrected chi connectivity index (χ3v) is 2.71. The SMILES string of the molecule is CC(N)CNC(=O)c1cc(Br)c(Cl)[nH]1.Cl. The van der Waals surface area contributed by atoms with Crippen molar-refractivity contribution in [1.82, 2.24) is 10.3 Å². The summed E-state index contributed by atoms with van der Waals surface area (Å²) in [7, 11) is 0. The van der Waals surface area contributed by atoms with Gasteiger partial charge in [-0.25, -0.2) is 0 Å². The molecule has 4 nitrogen and oxygen atoms in total. The number of H-pyrrole nitrogens is 1. The monoisotopic (exact) mass is 315 g/mol. The highest BCUT2D eigenvalue weighted by molar-refractivity contribution is 9.10. The van der Waals surface area contributed by atoms with Gasteiger partial charge in [-0.05, 0) is 28.9 Å². The van der Waals surface area contributed by atoms with Crippen LogP contribution in [0.25, 0.3) is 0 Å². The molecule has 1 amide bonds. The van der Waals surface area contributed by atoms with E-state index in [1.54, 1.807) is 6.07 Å². The minimum absolute atomic E-state index is 0. The molecule has 7 heteroatoms. The number of nitrogens with two attached hydrogens (primary N) is 1. The van der Waals surface area contributed by atoms with E-state index in [0.29, 0.717) is 21.9 Å². The van der Waals surface area contributed by atoms with Crippen molar-refractivity contribution in [3.63, 3.8) is 0 Å². The molecule has 4 N–H and O–H groups in total. The highest BCUT2D eigenvalue weighted by Crippen LogP contribution is 2.22. The lowest BCUT2D eigenvalue weighted by molar-refractivity contribution is 0.0947. The molecule has 0 aliphatic heterocycles. The third kappa shape index (κ3) is 4.42. The number of halogens is 3. The van der Waals surface area contributed by atoms with Crippen molar-refractivity contribution in [3.05, 3.63) is 21.4 Å². The molecule has 0 aromatic carbocycles. The molecule has 1 atom stereocenters. The predicted molar refractivity (Wildman–Crippen MR) is 66.7 cm³/mol. The molecule has 1 aromatic heterocycles. The van der Waals surface area contributed by atoms with Gasteiger partial charge >= 0.3 is 0 Å². The van der Waals surface area contributed by atoms with Crippen LogP contribution in [0.3, 0.4) is 0 Å². The van der Waals surface area contributed by atoms with Crippen LogP contribution >= 0.6 is 39.9 Å². The minimum atomic E-state index is -0.213. The van der Waals surface area contributed by atoms with Gasteiger partial charge in [0.05, 0.1) is 4.47 Å². The van der Waals surface area contributed by atoms with Crippen LogP contribution in [0.5, 0.6) is 0 Å². The number of aromatic nitrogens is 1. The van der Waals surface area contributed by atoms with Crippen LogP contribution in [0.4, 0.5) is 0 Å². The average molecular weight is 317 g/mol. The Morgan fingerprint density at radius 3 is 2.80 bits per heavy atom. The van der Waals surface area contributed by atoms with Gasteiger partial charge in [-0.3, -0.25) is 4.79 Å². The first kappa shape index (κ1) is 14.8. The Bertz CT molecular complexity index is 321. The molecule has 0 aliphatic rings. The van der Waals surface area contributed by atoms with Gasteiger partial charge in [0.25, 0.3) is 5.91 Å². The van der Waals surface area contributed by atoms with E-state index >= 15 is 0 Å². The molecule has 15 heavy (non-hydrogen) atoms. The molecule has 0 saturated carbocycles. The standard InChI is InChI=1S/C8H11BrClN3O.ClH/c1-4(11)3-12-8(14)6-2-5(9)7(10)13-6;/h2,4,13H,3,11H2,1H3,(H,12,14);1H. The van der Waals surface area contributed by atoms with E-state index in [0.717, 1.165) is 0 Å². The number of carbonyl (C=O) groups is 1. The summed E-state index contributed by atoms with van der Waals surface area (Å²) in [6.45, 7) is 2.25. The van der Waals surface area contributed by atoms with Crippen LogP contribution in [0.1, 0.15) is 17.4 Å². The van der Waals surface area contributed by atoms with Crippen molar-refractivity contribution >= 4 is 45.8 Å². The predicted octanol–water partition coefficient (Wildman–Crippen LogP) is 1.93. The number of nitrogens with one attached hydrogen (secondary N) is 2. The molecular formula is C8H12BrCl2N3O. The fourth-order valence-electron chi connectivity index (χ4n) is 0.875. The summed E-state index contributed by atoms with van der Waals surface area (Å²) in [6.07, 6.45) is 0. The summed E-state index contributed by atoms with van der Waals surface area (Å²) in [5.74, 6) is -0.213. The van der Waals surface area contributed by atoms with Crippen molar-refractivity contribution in [1.29, 1.82) is 0 Å². The van der Waals surface area contributed by atoms with Gasteiger partial charge in [0.15, 0.2) is 0 Å². The van der Waals surface area contributed by atoms with Crippen LogP contribution in [0, 0.1) is 0 Å². The minimum Gasteiger partial charge on any atom is -0.349 e. The molecule has 1 aromatic rings. The van der Waals surface area contributed by atoms with Crippen LogP contribution < -0.4 is 11.1 Å². The first-order chi connectivity index (χ1) is 6.50. The second-order valence-electron chi connectivity index (χ2n) is 3.03. The molecule has 86 valence electrons. The molecule has 0 spiro atoms. The number of aromatic amines is 1. The molecule has 0 bridgehead atoms. The average Bonchev–Trinajstić information content (AvgIpc) is 2.43. The number of rotatable bonds is 3. The largest absolute Gasteiger partial charge is 0.349 e. The molecular weight excluding hydrogens is 305 g/mol. The van der Waals surface area contributed by atoms with Gasteiger partial charge < -0.3 is 16.0 Å². The summed E-state index contributed by atoms with van der Waals surface area (Å²) < 4.78 is 0.671. The van der Waals surface area contributed by atoms with E-state index in [1.807, 2.05) is 6.92 Å². The molecule has 0 fully saturated rings. The van der Waals surface area contributed by atoms with Gasteiger partial charge in [-0.2, -0.15) is 0 Å². The van der Waals surface area contributed by atoms with Crippen molar-refractivity contribution < 1.29 is 4.79 Å². The second-order valence-corrected chi connectivity index (χ2v) is 4.26. The number of amides is 1. The summed E-state index contributed by atoms with van der Waals surface area (Å²) in [4.78, 5) is 14.2. The third-order valence-electron chi connectivity index (χ3n) is 1.55. The van der Waals surface area contributed by atoms with E-state index in [4.69, 9.17) is 17.3 Å². The normalized spacial score (nSPS) is 11.7.